The van der Waals surface area contributed by atoms with Gasteiger partial charge in [-0.15, -0.1) is 0 Å². The van der Waals surface area contributed by atoms with E-state index in [2.05, 4.69) is 0 Å². The molecule has 3 rings (SSSR count). The summed E-state index contributed by atoms with van der Waals surface area (Å²) in [7, 11) is 4.38. The molecule has 6 heteroatoms. The third kappa shape index (κ3) is 3.94. The molecule has 0 saturated heterocycles. The largest absolute Gasteiger partial charge is 0.493 e. The first-order valence-electron chi connectivity index (χ1n) is 9.51. The van der Waals surface area contributed by atoms with E-state index in [0.29, 0.717) is 29.3 Å². The fourth-order valence-corrected chi connectivity index (χ4v) is 3.48. The van der Waals surface area contributed by atoms with Crippen molar-refractivity contribution in [2.24, 2.45) is 0 Å². The Morgan fingerprint density at radius 3 is 2.30 bits per heavy atom. The van der Waals surface area contributed by atoms with Gasteiger partial charge in [0.05, 0.1) is 39.0 Å². The molecule has 1 aliphatic heterocycles. The summed E-state index contributed by atoms with van der Waals surface area (Å²) >= 11 is 0. The molecule has 0 unspecified atom stereocenters. The first kappa shape index (κ1) is 21.2. The highest BCUT2D eigenvalue weighted by Gasteiger charge is 2.37. The summed E-state index contributed by atoms with van der Waals surface area (Å²) < 4.78 is 15.8. The number of ether oxygens (including phenoxy) is 3. The van der Waals surface area contributed by atoms with Crippen LogP contribution < -0.4 is 9.47 Å². The van der Waals surface area contributed by atoms with Gasteiger partial charge in [-0.3, -0.25) is 4.79 Å². The van der Waals surface area contributed by atoms with Crippen LogP contribution in [0.15, 0.2) is 59.3 Å². The third-order valence-corrected chi connectivity index (χ3v) is 5.10. The van der Waals surface area contributed by atoms with Gasteiger partial charge in [-0.05, 0) is 31.6 Å². The van der Waals surface area contributed by atoms with Crippen molar-refractivity contribution in [3.05, 3.63) is 76.0 Å². The van der Waals surface area contributed by atoms with Crippen molar-refractivity contribution < 1.29 is 23.8 Å². The van der Waals surface area contributed by atoms with Gasteiger partial charge in [0.2, 0.25) is 0 Å². The predicted octanol–water partition coefficient (Wildman–Crippen LogP) is 3.89. The van der Waals surface area contributed by atoms with Gasteiger partial charge in [-0.1, -0.05) is 42.0 Å². The van der Waals surface area contributed by atoms with E-state index < -0.39 is 5.97 Å². The zero-order valence-electron chi connectivity index (χ0n) is 17.8. The Bertz CT molecular complexity index is 1030. The second-order valence-corrected chi connectivity index (χ2v) is 6.97. The molecule has 1 amide bonds. The number of methoxy groups -OCH3 is 3. The topological polar surface area (TPSA) is 65.1 Å². The number of benzene rings is 2. The van der Waals surface area contributed by atoms with E-state index in [-0.39, 0.29) is 17.1 Å². The normalized spacial score (nSPS) is 15.0. The van der Waals surface area contributed by atoms with Gasteiger partial charge >= 0.3 is 5.97 Å². The van der Waals surface area contributed by atoms with Gasteiger partial charge in [0.25, 0.3) is 5.91 Å². The number of esters is 1. The minimum absolute atomic E-state index is 0.250. The first-order chi connectivity index (χ1) is 14.4. The maximum Gasteiger partial charge on any atom is 0.340 e. The van der Waals surface area contributed by atoms with Gasteiger partial charge in [0.1, 0.15) is 0 Å². The Hall–Kier alpha value is -3.54. The van der Waals surface area contributed by atoms with Crippen molar-refractivity contribution in [1.29, 1.82) is 0 Å². The molecule has 156 valence electrons. The van der Waals surface area contributed by atoms with Crippen LogP contribution in [0.4, 0.5) is 0 Å². The highest BCUT2D eigenvalue weighted by Crippen LogP contribution is 2.37. The molecule has 6 nitrogen and oxygen atoms in total. The van der Waals surface area contributed by atoms with Gasteiger partial charge in [-0.2, -0.15) is 0 Å². The monoisotopic (exact) mass is 407 g/mol. The number of nitrogens with zero attached hydrogens (tertiary/aromatic N) is 1. The molecule has 0 aliphatic carbocycles. The number of rotatable bonds is 6. The summed E-state index contributed by atoms with van der Waals surface area (Å²) in [6.07, 6.45) is 1.65. The van der Waals surface area contributed by atoms with E-state index >= 15 is 0 Å². The predicted molar refractivity (Wildman–Crippen MR) is 114 cm³/mol. The van der Waals surface area contributed by atoms with E-state index in [1.807, 2.05) is 31.2 Å². The molecule has 30 heavy (non-hydrogen) atoms. The van der Waals surface area contributed by atoms with E-state index in [9.17, 15) is 9.59 Å². The van der Waals surface area contributed by atoms with E-state index in [0.717, 1.165) is 11.1 Å². The van der Waals surface area contributed by atoms with Crippen LogP contribution in [0.25, 0.3) is 6.08 Å². The molecule has 0 spiro atoms. The van der Waals surface area contributed by atoms with E-state index in [1.54, 1.807) is 43.2 Å². The van der Waals surface area contributed by atoms with Crippen LogP contribution in [0, 0.1) is 6.92 Å². The van der Waals surface area contributed by atoms with Crippen LogP contribution in [0.5, 0.6) is 11.5 Å². The molecule has 2 aromatic carbocycles. The SMILES string of the molecule is COC(=O)C1=C(C)N(Cc2ccc(C)cc2)C(=O)/C1=C\c1cccc(OC)c1OC. The van der Waals surface area contributed by atoms with Crippen LogP contribution in [0.1, 0.15) is 23.6 Å². The molecule has 1 heterocycles. The van der Waals surface area contributed by atoms with Crippen LogP contribution in [-0.2, 0) is 20.9 Å². The zero-order valence-corrected chi connectivity index (χ0v) is 17.8. The average molecular weight is 407 g/mol. The van der Waals surface area contributed by atoms with Gasteiger partial charge in [-0.25, -0.2) is 4.79 Å². The van der Waals surface area contributed by atoms with Crippen molar-refractivity contribution >= 4 is 18.0 Å². The molecule has 0 bridgehead atoms. The Balaban J connectivity index is 2.08. The lowest BCUT2D eigenvalue weighted by Crippen LogP contribution is -2.24. The van der Waals surface area contributed by atoms with Gasteiger partial charge in [0.15, 0.2) is 11.5 Å². The van der Waals surface area contributed by atoms with E-state index in [1.165, 1.54) is 14.2 Å². The van der Waals surface area contributed by atoms with Crippen LogP contribution in [0.2, 0.25) is 0 Å². The third-order valence-electron chi connectivity index (χ3n) is 5.10. The van der Waals surface area contributed by atoms with Crippen molar-refractivity contribution in [1.82, 2.24) is 4.90 Å². The number of para-hydroxylation sites is 1. The molecule has 0 aromatic heterocycles. The maximum atomic E-state index is 13.3. The number of allylic oxidation sites excluding steroid dienone is 1. The average Bonchev–Trinajstić information content (AvgIpc) is 2.98. The van der Waals surface area contributed by atoms with Crippen LogP contribution in [0.3, 0.4) is 0 Å². The maximum absolute atomic E-state index is 13.3. The quantitative estimate of drug-likeness (QED) is 0.537. The summed E-state index contributed by atoms with van der Waals surface area (Å²) in [4.78, 5) is 27.4. The molecule has 0 radical (unpaired) electrons. The first-order valence-corrected chi connectivity index (χ1v) is 9.51. The van der Waals surface area contributed by atoms with E-state index in [4.69, 9.17) is 14.2 Å². The second-order valence-electron chi connectivity index (χ2n) is 6.97. The second kappa shape index (κ2) is 8.86. The standard InChI is InChI=1S/C24H25NO5/c1-15-9-11-17(12-10-15)14-25-16(2)21(24(27)30-5)19(23(25)26)13-18-7-6-8-20(28-3)22(18)29-4/h6-13H,14H2,1-5H3/b19-13-. The van der Waals surface area contributed by atoms with Gasteiger partial charge in [0, 0.05) is 11.3 Å². The lowest BCUT2D eigenvalue weighted by molar-refractivity contribution is -0.136. The number of aryl methyl sites for hydroxylation is 1. The van der Waals surface area contributed by atoms with Gasteiger partial charge < -0.3 is 19.1 Å². The van der Waals surface area contributed by atoms with Crippen molar-refractivity contribution in [3.63, 3.8) is 0 Å². The van der Waals surface area contributed by atoms with Crippen LogP contribution >= 0.6 is 0 Å². The summed E-state index contributed by atoms with van der Waals surface area (Å²) in [6.45, 7) is 4.12. The fraction of sp³-hybridized carbons (Fsp3) is 0.250. The van der Waals surface area contributed by atoms with Crippen molar-refractivity contribution in [2.75, 3.05) is 21.3 Å². The summed E-state index contributed by atoms with van der Waals surface area (Å²) in [6, 6.07) is 13.3. The number of hydrogen-bond donors (Lipinski definition) is 0. The number of hydrogen-bond acceptors (Lipinski definition) is 5. The smallest absolute Gasteiger partial charge is 0.340 e. The Labute approximate surface area is 176 Å². The summed E-state index contributed by atoms with van der Waals surface area (Å²) in [5.41, 5.74) is 3.81. The Morgan fingerprint density at radius 1 is 1.00 bits per heavy atom. The lowest BCUT2D eigenvalue weighted by Gasteiger charge is -2.18. The van der Waals surface area contributed by atoms with Crippen LogP contribution in [-0.4, -0.2) is 38.1 Å². The highest BCUT2D eigenvalue weighted by atomic mass is 16.5. The minimum Gasteiger partial charge on any atom is -0.493 e. The lowest BCUT2D eigenvalue weighted by atomic mass is 10.0. The Kier molecular flexibility index (Phi) is 6.26. The molecule has 2 aromatic rings. The fourth-order valence-electron chi connectivity index (χ4n) is 3.48. The molecule has 0 fully saturated rings. The molecule has 0 atom stereocenters. The molecule has 1 aliphatic rings. The minimum atomic E-state index is -0.555. The number of carbonyl (C=O) groups is 2. The van der Waals surface area contributed by atoms with Crippen molar-refractivity contribution in [3.8, 4) is 11.5 Å². The molecular formula is C24H25NO5. The molecular weight excluding hydrogens is 382 g/mol. The zero-order chi connectivity index (χ0) is 21.8. The Morgan fingerprint density at radius 2 is 1.70 bits per heavy atom. The van der Waals surface area contributed by atoms with Crippen molar-refractivity contribution in [2.45, 2.75) is 20.4 Å². The highest BCUT2D eigenvalue weighted by molar-refractivity contribution is 6.16. The number of amides is 1. The summed E-state index contributed by atoms with van der Waals surface area (Å²) in [5, 5.41) is 0. The number of carbonyl (C=O) groups excluding carboxylic acids is 2. The molecule has 0 N–H and O–H groups in total. The molecule has 0 saturated carbocycles. The summed E-state index contributed by atoms with van der Waals surface area (Å²) in [5.74, 6) is 0.201.